The molecule has 2 unspecified atom stereocenters. The Morgan fingerprint density at radius 2 is 1.94 bits per heavy atom. The number of nitrogens with two attached hydrogens (primary N) is 1. The molecule has 0 bridgehead atoms. The van der Waals surface area contributed by atoms with E-state index in [9.17, 15) is 4.79 Å². The lowest BCUT2D eigenvalue weighted by Crippen LogP contribution is -2.49. The number of amides is 1. The van der Waals surface area contributed by atoms with Gasteiger partial charge in [-0.3, -0.25) is 4.79 Å². The van der Waals surface area contributed by atoms with Crippen molar-refractivity contribution in [1.29, 1.82) is 0 Å². The zero-order valence-electron chi connectivity index (χ0n) is 11.1. The molecule has 1 heterocycles. The van der Waals surface area contributed by atoms with Crippen LogP contribution in [0, 0.1) is 11.3 Å². The number of likely N-dealkylation sites (tertiary alicyclic amines) is 1. The van der Waals surface area contributed by atoms with E-state index in [1.807, 2.05) is 4.90 Å². The molecule has 2 atom stereocenters. The molecule has 0 aromatic heterocycles. The molecule has 0 aromatic rings. The normalized spacial score (nSPS) is 26.2. The third-order valence-electron chi connectivity index (χ3n) is 4.60. The second-order valence-electron chi connectivity index (χ2n) is 5.20. The predicted octanol–water partition coefficient (Wildman–Crippen LogP) is 2.01. The van der Waals surface area contributed by atoms with E-state index in [4.69, 9.17) is 5.73 Å². The fourth-order valence-corrected chi connectivity index (χ4v) is 2.61. The summed E-state index contributed by atoms with van der Waals surface area (Å²) in [5.74, 6) is 0.894. The smallest absolute Gasteiger partial charge is 0.230 e. The Labute approximate surface area is 99.4 Å². The van der Waals surface area contributed by atoms with Gasteiger partial charge in [-0.2, -0.15) is 0 Å². The van der Waals surface area contributed by atoms with Crippen LogP contribution in [0.5, 0.6) is 0 Å². The van der Waals surface area contributed by atoms with Gasteiger partial charge < -0.3 is 10.6 Å². The number of carbonyl (C=O) groups is 1. The second kappa shape index (κ2) is 5.17. The molecule has 0 aliphatic carbocycles. The lowest BCUT2D eigenvalue weighted by molar-refractivity contribution is -0.143. The Hall–Kier alpha value is -0.570. The molecule has 0 saturated carbocycles. The van der Waals surface area contributed by atoms with Crippen molar-refractivity contribution in [3.8, 4) is 0 Å². The van der Waals surface area contributed by atoms with Crippen molar-refractivity contribution in [3.05, 3.63) is 0 Å². The molecule has 0 radical (unpaired) electrons. The van der Waals surface area contributed by atoms with E-state index in [2.05, 4.69) is 27.7 Å². The van der Waals surface area contributed by atoms with Crippen LogP contribution in [-0.2, 0) is 4.79 Å². The van der Waals surface area contributed by atoms with Crippen molar-refractivity contribution in [2.75, 3.05) is 13.1 Å². The molecule has 1 aliphatic heterocycles. The van der Waals surface area contributed by atoms with Crippen LogP contribution in [0.1, 0.15) is 47.0 Å². The fraction of sp³-hybridized carbons (Fsp3) is 0.923. The average Bonchev–Trinajstić information content (AvgIpc) is 2.63. The monoisotopic (exact) mass is 226 g/mol. The molecule has 1 saturated heterocycles. The van der Waals surface area contributed by atoms with Gasteiger partial charge in [0.05, 0.1) is 5.41 Å². The Morgan fingerprint density at radius 3 is 2.25 bits per heavy atom. The molecule has 1 aliphatic rings. The molecule has 1 rings (SSSR count). The van der Waals surface area contributed by atoms with Gasteiger partial charge in [-0.05, 0) is 32.1 Å². The van der Waals surface area contributed by atoms with Crippen molar-refractivity contribution in [2.24, 2.45) is 17.1 Å². The van der Waals surface area contributed by atoms with Gasteiger partial charge in [0.2, 0.25) is 5.91 Å². The van der Waals surface area contributed by atoms with Crippen molar-refractivity contribution in [2.45, 2.75) is 53.0 Å². The molecule has 16 heavy (non-hydrogen) atoms. The highest BCUT2D eigenvalue weighted by Gasteiger charge is 2.41. The summed E-state index contributed by atoms with van der Waals surface area (Å²) in [7, 11) is 0. The summed E-state index contributed by atoms with van der Waals surface area (Å²) >= 11 is 0. The minimum Gasteiger partial charge on any atom is -0.339 e. The maximum absolute atomic E-state index is 12.6. The van der Waals surface area contributed by atoms with E-state index in [0.717, 1.165) is 25.8 Å². The van der Waals surface area contributed by atoms with E-state index >= 15 is 0 Å². The maximum atomic E-state index is 12.6. The molecule has 94 valence electrons. The van der Waals surface area contributed by atoms with Crippen LogP contribution in [0.25, 0.3) is 0 Å². The highest BCUT2D eigenvalue weighted by Crippen LogP contribution is 2.33. The van der Waals surface area contributed by atoms with E-state index in [1.54, 1.807) is 0 Å². The summed E-state index contributed by atoms with van der Waals surface area (Å²) in [5, 5.41) is 0. The first-order valence-corrected chi connectivity index (χ1v) is 6.53. The minimum atomic E-state index is -0.321. The molecule has 3 nitrogen and oxygen atoms in total. The number of nitrogens with zero attached hydrogens (tertiary/aromatic N) is 1. The lowest BCUT2D eigenvalue weighted by Gasteiger charge is -2.35. The van der Waals surface area contributed by atoms with Gasteiger partial charge in [0.1, 0.15) is 0 Å². The van der Waals surface area contributed by atoms with Crippen LogP contribution in [0.2, 0.25) is 0 Å². The Kier molecular flexibility index (Phi) is 4.36. The van der Waals surface area contributed by atoms with E-state index < -0.39 is 0 Å². The van der Waals surface area contributed by atoms with Crippen LogP contribution in [0.15, 0.2) is 0 Å². The predicted molar refractivity (Wildman–Crippen MR) is 67.0 cm³/mol. The molecular weight excluding hydrogens is 200 g/mol. The first kappa shape index (κ1) is 13.5. The molecule has 3 heteroatoms. The van der Waals surface area contributed by atoms with Crippen molar-refractivity contribution in [3.63, 3.8) is 0 Å². The largest absolute Gasteiger partial charge is 0.339 e. The molecule has 0 aromatic carbocycles. The van der Waals surface area contributed by atoms with Crippen LogP contribution < -0.4 is 5.73 Å². The highest BCUT2D eigenvalue weighted by molar-refractivity contribution is 5.83. The minimum absolute atomic E-state index is 0.275. The van der Waals surface area contributed by atoms with E-state index in [0.29, 0.717) is 18.5 Å². The quantitative estimate of drug-likeness (QED) is 0.797. The first-order chi connectivity index (χ1) is 7.52. The van der Waals surface area contributed by atoms with Crippen molar-refractivity contribution >= 4 is 5.91 Å². The van der Waals surface area contributed by atoms with E-state index in [-0.39, 0.29) is 11.3 Å². The third-order valence-corrected chi connectivity index (χ3v) is 4.60. The Morgan fingerprint density at radius 1 is 1.38 bits per heavy atom. The van der Waals surface area contributed by atoms with Crippen LogP contribution in [0.3, 0.4) is 0 Å². The summed E-state index contributed by atoms with van der Waals surface area (Å²) in [6.45, 7) is 9.89. The molecule has 2 N–H and O–H groups in total. The molecule has 1 amide bonds. The summed E-state index contributed by atoms with van der Waals surface area (Å²) < 4.78 is 0. The summed E-state index contributed by atoms with van der Waals surface area (Å²) in [6, 6.07) is 0.372. The molecule has 1 fully saturated rings. The SMILES string of the molecule is CCC(CC)(CN)C(=O)N1CCC(C)C1C. The number of hydrogen-bond acceptors (Lipinski definition) is 2. The zero-order chi connectivity index (χ0) is 12.3. The average molecular weight is 226 g/mol. The van der Waals surface area contributed by atoms with Gasteiger partial charge in [0, 0.05) is 19.1 Å². The number of rotatable bonds is 4. The summed E-state index contributed by atoms with van der Waals surface area (Å²) in [6.07, 6.45) is 2.81. The highest BCUT2D eigenvalue weighted by atomic mass is 16.2. The second-order valence-corrected chi connectivity index (χ2v) is 5.20. The Balaban J connectivity index is 2.83. The number of carbonyl (C=O) groups excluding carboxylic acids is 1. The fourth-order valence-electron chi connectivity index (χ4n) is 2.61. The van der Waals surface area contributed by atoms with Gasteiger partial charge >= 0.3 is 0 Å². The van der Waals surface area contributed by atoms with Gasteiger partial charge in [-0.25, -0.2) is 0 Å². The van der Waals surface area contributed by atoms with Crippen molar-refractivity contribution < 1.29 is 4.79 Å². The van der Waals surface area contributed by atoms with Crippen LogP contribution in [-0.4, -0.2) is 29.9 Å². The molecular formula is C13H26N2O. The van der Waals surface area contributed by atoms with Gasteiger partial charge in [0.25, 0.3) is 0 Å². The zero-order valence-corrected chi connectivity index (χ0v) is 11.1. The van der Waals surface area contributed by atoms with E-state index in [1.165, 1.54) is 0 Å². The third kappa shape index (κ3) is 2.10. The first-order valence-electron chi connectivity index (χ1n) is 6.53. The van der Waals surface area contributed by atoms with Crippen molar-refractivity contribution in [1.82, 2.24) is 4.90 Å². The Bertz CT molecular complexity index is 240. The summed E-state index contributed by atoms with van der Waals surface area (Å²) in [4.78, 5) is 14.6. The van der Waals surface area contributed by atoms with Gasteiger partial charge in [-0.1, -0.05) is 20.8 Å². The van der Waals surface area contributed by atoms with Gasteiger partial charge in [0.15, 0.2) is 0 Å². The van der Waals surface area contributed by atoms with Gasteiger partial charge in [-0.15, -0.1) is 0 Å². The lowest BCUT2D eigenvalue weighted by atomic mass is 9.80. The van der Waals surface area contributed by atoms with Crippen LogP contribution >= 0.6 is 0 Å². The maximum Gasteiger partial charge on any atom is 0.230 e. The van der Waals surface area contributed by atoms with Crippen LogP contribution in [0.4, 0.5) is 0 Å². The topological polar surface area (TPSA) is 46.3 Å². The number of hydrogen-bond donors (Lipinski definition) is 1. The molecule has 0 spiro atoms. The standard InChI is InChI=1S/C13H26N2O/c1-5-13(6-2,9-14)12(16)15-8-7-10(3)11(15)4/h10-11H,5-9,14H2,1-4H3. The summed E-state index contributed by atoms with van der Waals surface area (Å²) in [5.41, 5.74) is 5.51.